The van der Waals surface area contributed by atoms with Gasteiger partial charge in [0.05, 0.1) is 24.1 Å². The average Bonchev–Trinajstić information content (AvgIpc) is 2.79. The highest BCUT2D eigenvalue weighted by molar-refractivity contribution is 5.85. The van der Waals surface area contributed by atoms with E-state index in [1.807, 2.05) is 19.9 Å². The van der Waals surface area contributed by atoms with Crippen molar-refractivity contribution in [2.75, 3.05) is 30.3 Å². The standard InChI is InChI=1S/C26H37N5O3/c1-5-31(14-21(32)33-6-2)24-19-13-26(3,4)22-23(29-15-30-25(22)28)18(19)11-12-20(24)34-17-9-7-16(27)8-10-17/h11-12,15-17H,5-10,13-14,27H2,1-4H3,(H2,28,29,30). The van der Waals surface area contributed by atoms with Crippen LogP contribution in [0.1, 0.15) is 64.5 Å². The summed E-state index contributed by atoms with van der Waals surface area (Å²) in [7, 11) is 0. The zero-order valence-corrected chi connectivity index (χ0v) is 20.8. The minimum Gasteiger partial charge on any atom is -0.488 e. The van der Waals surface area contributed by atoms with E-state index in [0.717, 1.165) is 65.9 Å². The fraction of sp³-hybridized carbons (Fsp3) is 0.577. The van der Waals surface area contributed by atoms with Crippen LogP contribution in [0.3, 0.4) is 0 Å². The molecule has 1 aromatic heterocycles. The quantitative estimate of drug-likeness (QED) is 0.593. The highest BCUT2D eigenvalue weighted by Gasteiger charge is 2.38. The van der Waals surface area contributed by atoms with Crippen LogP contribution in [0.15, 0.2) is 18.5 Å². The van der Waals surface area contributed by atoms with Gasteiger partial charge in [0.25, 0.3) is 0 Å². The summed E-state index contributed by atoms with van der Waals surface area (Å²) in [5.41, 5.74) is 17.0. The van der Waals surface area contributed by atoms with Gasteiger partial charge in [0.2, 0.25) is 0 Å². The van der Waals surface area contributed by atoms with E-state index in [4.69, 9.17) is 20.9 Å². The number of carbonyl (C=O) groups is 1. The third-order valence-corrected chi connectivity index (χ3v) is 7.01. The number of aromatic nitrogens is 2. The van der Waals surface area contributed by atoms with E-state index in [1.54, 1.807) is 0 Å². The molecule has 1 heterocycles. The molecule has 4 rings (SSSR count). The molecule has 2 aromatic rings. The fourth-order valence-corrected chi connectivity index (χ4v) is 5.36. The first-order chi connectivity index (χ1) is 16.2. The highest BCUT2D eigenvalue weighted by atomic mass is 16.5. The van der Waals surface area contributed by atoms with Crippen molar-refractivity contribution in [3.8, 4) is 17.0 Å². The Labute approximate surface area is 202 Å². The van der Waals surface area contributed by atoms with Crippen molar-refractivity contribution >= 4 is 17.5 Å². The lowest BCUT2D eigenvalue weighted by Gasteiger charge is -2.38. The minimum atomic E-state index is -0.276. The largest absolute Gasteiger partial charge is 0.488 e. The van der Waals surface area contributed by atoms with Gasteiger partial charge in [0.1, 0.15) is 24.4 Å². The number of anilines is 2. The van der Waals surface area contributed by atoms with Gasteiger partial charge in [-0.15, -0.1) is 0 Å². The van der Waals surface area contributed by atoms with Gasteiger partial charge in [0, 0.05) is 23.7 Å². The van der Waals surface area contributed by atoms with Gasteiger partial charge < -0.3 is 25.8 Å². The molecular weight excluding hydrogens is 430 g/mol. The normalized spacial score (nSPS) is 20.7. The van der Waals surface area contributed by atoms with Crippen LogP contribution < -0.4 is 21.1 Å². The summed E-state index contributed by atoms with van der Waals surface area (Å²) in [5, 5.41) is 0. The first kappa shape index (κ1) is 24.3. The Balaban J connectivity index is 1.83. The van der Waals surface area contributed by atoms with Gasteiger partial charge in [-0.2, -0.15) is 0 Å². The van der Waals surface area contributed by atoms with Crippen molar-refractivity contribution in [3.63, 3.8) is 0 Å². The molecule has 0 aliphatic heterocycles. The fourth-order valence-electron chi connectivity index (χ4n) is 5.36. The minimum absolute atomic E-state index is 0.111. The Bertz CT molecular complexity index is 1050. The third-order valence-electron chi connectivity index (χ3n) is 7.01. The summed E-state index contributed by atoms with van der Waals surface area (Å²) < 4.78 is 11.9. The molecule has 0 unspecified atom stereocenters. The Kier molecular flexibility index (Phi) is 6.98. The van der Waals surface area contributed by atoms with E-state index < -0.39 is 0 Å². The number of rotatable bonds is 7. The Hall–Kier alpha value is -2.87. The Morgan fingerprint density at radius 3 is 2.59 bits per heavy atom. The van der Waals surface area contributed by atoms with Crippen LogP contribution in [0.25, 0.3) is 11.3 Å². The lowest BCUT2D eigenvalue weighted by molar-refractivity contribution is -0.141. The predicted molar refractivity (Wildman–Crippen MR) is 134 cm³/mol. The van der Waals surface area contributed by atoms with Crippen LogP contribution in [0.5, 0.6) is 5.75 Å². The Morgan fingerprint density at radius 2 is 1.91 bits per heavy atom. The van der Waals surface area contributed by atoms with Crippen LogP contribution in [0, 0.1) is 0 Å². The van der Waals surface area contributed by atoms with Crippen LogP contribution >= 0.6 is 0 Å². The lowest BCUT2D eigenvalue weighted by Crippen LogP contribution is -2.36. The molecule has 4 N–H and O–H groups in total. The average molecular weight is 468 g/mol. The maximum atomic E-state index is 12.5. The molecule has 34 heavy (non-hydrogen) atoms. The van der Waals surface area contributed by atoms with Crippen LogP contribution in [-0.2, 0) is 21.4 Å². The molecule has 0 saturated heterocycles. The smallest absolute Gasteiger partial charge is 0.325 e. The first-order valence-electron chi connectivity index (χ1n) is 12.3. The Morgan fingerprint density at radius 1 is 1.18 bits per heavy atom. The van der Waals surface area contributed by atoms with E-state index in [-0.39, 0.29) is 30.1 Å². The number of esters is 1. The van der Waals surface area contributed by atoms with Crippen molar-refractivity contribution in [2.45, 2.75) is 77.4 Å². The molecule has 1 saturated carbocycles. The zero-order chi connectivity index (χ0) is 24.5. The summed E-state index contributed by atoms with van der Waals surface area (Å²) in [4.78, 5) is 23.5. The molecule has 8 nitrogen and oxygen atoms in total. The topological polar surface area (TPSA) is 117 Å². The second kappa shape index (κ2) is 9.78. The predicted octanol–water partition coefficient (Wildman–Crippen LogP) is 3.60. The highest BCUT2D eigenvalue weighted by Crippen LogP contribution is 2.49. The molecule has 2 aliphatic carbocycles. The van der Waals surface area contributed by atoms with Gasteiger partial charge in [-0.1, -0.05) is 13.8 Å². The van der Waals surface area contributed by atoms with Crippen molar-refractivity contribution in [1.29, 1.82) is 0 Å². The molecule has 1 aromatic carbocycles. The molecule has 8 heteroatoms. The summed E-state index contributed by atoms with van der Waals surface area (Å²) in [6.07, 6.45) is 6.14. The second-order valence-electron chi connectivity index (χ2n) is 9.96. The van der Waals surface area contributed by atoms with Crippen molar-refractivity contribution in [3.05, 3.63) is 29.6 Å². The number of likely N-dealkylation sites (N-methyl/N-ethyl adjacent to an activating group) is 1. The van der Waals surface area contributed by atoms with E-state index >= 15 is 0 Å². The lowest BCUT2D eigenvalue weighted by atomic mass is 9.71. The molecular formula is C26H37N5O3. The van der Waals surface area contributed by atoms with Gasteiger partial charge in [-0.05, 0) is 69.1 Å². The number of nitrogens with two attached hydrogens (primary N) is 2. The molecule has 0 bridgehead atoms. The molecule has 1 fully saturated rings. The monoisotopic (exact) mass is 467 g/mol. The molecule has 0 radical (unpaired) electrons. The van der Waals surface area contributed by atoms with Crippen molar-refractivity contribution < 1.29 is 14.3 Å². The third kappa shape index (κ3) is 4.69. The van der Waals surface area contributed by atoms with Crippen molar-refractivity contribution in [1.82, 2.24) is 9.97 Å². The number of benzene rings is 1. The number of nitrogen functional groups attached to an aromatic ring is 1. The number of hydrogen-bond donors (Lipinski definition) is 2. The molecule has 2 aliphatic rings. The molecule has 184 valence electrons. The van der Waals surface area contributed by atoms with E-state index in [1.165, 1.54) is 6.33 Å². The van der Waals surface area contributed by atoms with E-state index in [0.29, 0.717) is 19.0 Å². The number of hydrogen-bond acceptors (Lipinski definition) is 8. The number of ether oxygens (including phenoxy) is 2. The van der Waals surface area contributed by atoms with Gasteiger partial charge in [-0.25, -0.2) is 9.97 Å². The van der Waals surface area contributed by atoms with E-state index in [2.05, 4.69) is 34.8 Å². The van der Waals surface area contributed by atoms with Gasteiger partial charge >= 0.3 is 5.97 Å². The maximum absolute atomic E-state index is 12.5. The van der Waals surface area contributed by atoms with Crippen molar-refractivity contribution in [2.24, 2.45) is 5.73 Å². The molecule has 0 atom stereocenters. The number of nitrogens with zero attached hydrogens (tertiary/aromatic N) is 3. The summed E-state index contributed by atoms with van der Waals surface area (Å²) in [5.74, 6) is 1.06. The summed E-state index contributed by atoms with van der Waals surface area (Å²) in [6, 6.07) is 4.33. The van der Waals surface area contributed by atoms with Crippen LogP contribution in [0.4, 0.5) is 11.5 Å². The molecule has 0 amide bonds. The number of fused-ring (bicyclic) bond motifs is 3. The molecule has 0 spiro atoms. The zero-order valence-electron chi connectivity index (χ0n) is 20.8. The van der Waals surface area contributed by atoms with Gasteiger partial charge in [0.15, 0.2) is 0 Å². The van der Waals surface area contributed by atoms with Crippen LogP contribution in [-0.4, -0.2) is 47.8 Å². The van der Waals surface area contributed by atoms with Crippen LogP contribution in [0.2, 0.25) is 0 Å². The van der Waals surface area contributed by atoms with E-state index in [9.17, 15) is 4.79 Å². The summed E-state index contributed by atoms with van der Waals surface area (Å²) >= 11 is 0. The van der Waals surface area contributed by atoms with Gasteiger partial charge in [-0.3, -0.25) is 4.79 Å². The first-order valence-corrected chi connectivity index (χ1v) is 12.3. The number of carbonyl (C=O) groups excluding carboxylic acids is 1. The second-order valence-corrected chi connectivity index (χ2v) is 9.96. The SMILES string of the molecule is CCOC(=O)CN(CC)c1c(OC2CCC(N)CC2)ccc2c1CC(C)(C)c1c(N)ncnc1-2. The summed E-state index contributed by atoms with van der Waals surface area (Å²) in [6.45, 7) is 9.35. The maximum Gasteiger partial charge on any atom is 0.325 e.